The summed E-state index contributed by atoms with van der Waals surface area (Å²) >= 11 is 0. The number of nitrogens with one attached hydrogen (secondary N) is 1. The van der Waals surface area contributed by atoms with Crippen molar-refractivity contribution in [2.45, 2.75) is 13.3 Å². The van der Waals surface area contributed by atoms with Crippen LogP contribution < -0.4 is 5.32 Å². The molecule has 0 bridgehead atoms. The Morgan fingerprint density at radius 2 is 2.00 bits per heavy atom. The minimum absolute atomic E-state index is 0.147. The molecule has 1 aromatic carbocycles. The van der Waals surface area contributed by atoms with Crippen molar-refractivity contribution in [3.8, 4) is 0 Å². The summed E-state index contributed by atoms with van der Waals surface area (Å²) in [6.45, 7) is 2.33. The molecule has 5 heteroatoms. The summed E-state index contributed by atoms with van der Waals surface area (Å²) in [5.74, 6) is -0.139. The molecule has 0 heterocycles. The Kier molecular flexibility index (Phi) is 4.29. The van der Waals surface area contributed by atoms with Crippen LogP contribution in [0, 0.1) is 12.7 Å². The number of anilines is 1. The normalized spacial score (nSPS) is 11.4. The van der Waals surface area contributed by atoms with Gasteiger partial charge in [0, 0.05) is 18.5 Å². The lowest BCUT2D eigenvalue weighted by Gasteiger charge is -2.07. The Morgan fingerprint density at radius 1 is 1.31 bits per heavy atom. The van der Waals surface area contributed by atoms with Crippen LogP contribution in [0.15, 0.2) is 18.2 Å². The molecule has 0 fully saturated rings. The Bertz CT molecular complexity index is 437. The molecule has 90 valence electrons. The molecule has 0 spiro atoms. The van der Waals surface area contributed by atoms with Gasteiger partial charge in [-0.1, -0.05) is 0 Å². The van der Waals surface area contributed by atoms with Crippen molar-refractivity contribution in [1.29, 1.82) is 0 Å². The lowest BCUT2D eigenvalue weighted by Crippen LogP contribution is -2.09. The quantitative estimate of drug-likeness (QED) is 0.807. The van der Waals surface area contributed by atoms with Gasteiger partial charge in [-0.2, -0.15) is 0 Å². The van der Waals surface area contributed by atoms with E-state index in [2.05, 4.69) is 5.32 Å². The van der Waals surface area contributed by atoms with Gasteiger partial charge in [0.05, 0.1) is 5.75 Å². The van der Waals surface area contributed by atoms with Crippen molar-refractivity contribution < 1.29 is 12.8 Å². The van der Waals surface area contributed by atoms with E-state index in [1.807, 2.05) is 13.0 Å². The van der Waals surface area contributed by atoms with Crippen LogP contribution in [0.5, 0.6) is 0 Å². The average Bonchev–Trinajstić information content (AvgIpc) is 2.09. The SMILES string of the molecule is Cc1cc(F)cc(NCCCS(C)(=O)=O)c1. The number of hydrogen-bond acceptors (Lipinski definition) is 3. The van der Waals surface area contributed by atoms with Crippen LogP contribution in [0.2, 0.25) is 0 Å². The van der Waals surface area contributed by atoms with E-state index in [4.69, 9.17) is 0 Å². The van der Waals surface area contributed by atoms with Crippen molar-refractivity contribution in [2.75, 3.05) is 23.9 Å². The molecule has 1 rings (SSSR count). The summed E-state index contributed by atoms with van der Waals surface area (Å²) in [6, 6.07) is 4.67. The highest BCUT2D eigenvalue weighted by atomic mass is 32.2. The Hall–Kier alpha value is -1.10. The zero-order chi connectivity index (χ0) is 12.2. The number of benzene rings is 1. The number of aryl methyl sites for hydroxylation is 1. The van der Waals surface area contributed by atoms with Gasteiger partial charge in [-0.3, -0.25) is 0 Å². The van der Waals surface area contributed by atoms with Gasteiger partial charge in [0.2, 0.25) is 0 Å². The number of halogens is 1. The second-order valence-electron chi connectivity index (χ2n) is 3.93. The van der Waals surface area contributed by atoms with E-state index in [-0.39, 0.29) is 11.6 Å². The molecule has 1 N–H and O–H groups in total. The predicted molar refractivity (Wildman–Crippen MR) is 64.0 cm³/mol. The van der Waals surface area contributed by atoms with Crippen molar-refractivity contribution in [2.24, 2.45) is 0 Å². The van der Waals surface area contributed by atoms with Crippen molar-refractivity contribution in [3.63, 3.8) is 0 Å². The maximum Gasteiger partial charge on any atom is 0.147 e. The van der Waals surface area contributed by atoms with Gasteiger partial charge >= 0.3 is 0 Å². The Labute approximate surface area is 95.6 Å². The van der Waals surface area contributed by atoms with Crippen LogP contribution in [0.1, 0.15) is 12.0 Å². The summed E-state index contributed by atoms with van der Waals surface area (Å²) in [6.07, 6.45) is 1.73. The first-order valence-electron chi connectivity index (χ1n) is 5.05. The number of rotatable bonds is 5. The molecule has 0 unspecified atom stereocenters. The minimum atomic E-state index is -2.91. The monoisotopic (exact) mass is 245 g/mol. The molecule has 0 radical (unpaired) electrons. The smallest absolute Gasteiger partial charge is 0.147 e. The third-order valence-electron chi connectivity index (χ3n) is 2.06. The molecular weight excluding hydrogens is 229 g/mol. The van der Waals surface area contributed by atoms with Crippen LogP contribution in [0.25, 0.3) is 0 Å². The third kappa shape index (κ3) is 5.11. The van der Waals surface area contributed by atoms with Gasteiger partial charge in [-0.15, -0.1) is 0 Å². The second kappa shape index (κ2) is 5.30. The fourth-order valence-electron chi connectivity index (χ4n) is 1.41. The highest BCUT2D eigenvalue weighted by Gasteiger charge is 2.01. The lowest BCUT2D eigenvalue weighted by atomic mass is 10.2. The molecule has 16 heavy (non-hydrogen) atoms. The van der Waals surface area contributed by atoms with Gasteiger partial charge < -0.3 is 5.32 Å². The standard InChI is InChI=1S/C11H16FNO2S/c1-9-6-10(12)8-11(7-9)13-4-3-5-16(2,14)15/h6-8,13H,3-5H2,1-2H3. The Morgan fingerprint density at radius 3 is 2.56 bits per heavy atom. The molecule has 1 aromatic rings. The molecule has 3 nitrogen and oxygen atoms in total. The highest BCUT2D eigenvalue weighted by molar-refractivity contribution is 7.90. The summed E-state index contributed by atoms with van der Waals surface area (Å²) < 4.78 is 34.7. The van der Waals surface area contributed by atoms with Crippen LogP contribution in [-0.2, 0) is 9.84 Å². The van der Waals surface area contributed by atoms with Crippen molar-refractivity contribution >= 4 is 15.5 Å². The zero-order valence-electron chi connectivity index (χ0n) is 9.46. The van der Waals surface area contributed by atoms with E-state index in [0.717, 1.165) is 5.56 Å². The van der Waals surface area contributed by atoms with E-state index in [1.165, 1.54) is 18.4 Å². The van der Waals surface area contributed by atoms with Crippen molar-refractivity contribution in [3.05, 3.63) is 29.6 Å². The van der Waals surface area contributed by atoms with Gasteiger partial charge in [0.25, 0.3) is 0 Å². The molecule has 0 atom stereocenters. The molecule has 0 aromatic heterocycles. The first-order chi connectivity index (χ1) is 7.37. The molecule has 0 saturated heterocycles. The molecule has 0 aliphatic carbocycles. The summed E-state index contributed by atoms with van der Waals surface area (Å²) in [5.41, 5.74) is 1.52. The third-order valence-corrected chi connectivity index (χ3v) is 3.09. The van der Waals surface area contributed by atoms with Gasteiger partial charge in [0.1, 0.15) is 15.7 Å². The molecule has 0 amide bonds. The van der Waals surface area contributed by atoms with E-state index < -0.39 is 9.84 Å². The van der Waals surface area contributed by atoms with E-state index >= 15 is 0 Å². The predicted octanol–water partition coefficient (Wildman–Crippen LogP) is 1.98. The topological polar surface area (TPSA) is 46.2 Å². The maximum atomic E-state index is 13.0. The molecular formula is C11H16FNO2S. The van der Waals surface area contributed by atoms with Crippen LogP contribution in [-0.4, -0.2) is 27.0 Å². The van der Waals surface area contributed by atoms with Gasteiger partial charge in [-0.25, -0.2) is 12.8 Å². The number of sulfone groups is 1. The highest BCUT2D eigenvalue weighted by Crippen LogP contribution is 2.13. The largest absolute Gasteiger partial charge is 0.385 e. The van der Waals surface area contributed by atoms with Crippen LogP contribution in [0.3, 0.4) is 0 Å². The van der Waals surface area contributed by atoms with Gasteiger partial charge in [-0.05, 0) is 37.1 Å². The van der Waals surface area contributed by atoms with E-state index in [0.29, 0.717) is 18.7 Å². The fraction of sp³-hybridized carbons (Fsp3) is 0.455. The fourth-order valence-corrected chi connectivity index (χ4v) is 2.07. The summed E-state index contributed by atoms with van der Waals surface area (Å²) in [7, 11) is -2.91. The van der Waals surface area contributed by atoms with E-state index in [1.54, 1.807) is 0 Å². The zero-order valence-corrected chi connectivity index (χ0v) is 10.3. The summed E-state index contributed by atoms with van der Waals surface area (Å²) in [4.78, 5) is 0. The maximum absolute atomic E-state index is 13.0. The summed E-state index contributed by atoms with van der Waals surface area (Å²) in [5, 5.41) is 2.99. The minimum Gasteiger partial charge on any atom is -0.385 e. The second-order valence-corrected chi connectivity index (χ2v) is 6.19. The first kappa shape index (κ1) is 13.0. The lowest BCUT2D eigenvalue weighted by molar-refractivity contribution is 0.599. The first-order valence-corrected chi connectivity index (χ1v) is 7.12. The van der Waals surface area contributed by atoms with Gasteiger partial charge in [0.15, 0.2) is 0 Å². The number of hydrogen-bond donors (Lipinski definition) is 1. The van der Waals surface area contributed by atoms with E-state index in [9.17, 15) is 12.8 Å². The molecule has 0 aliphatic heterocycles. The van der Waals surface area contributed by atoms with Crippen molar-refractivity contribution in [1.82, 2.24) is 0 Å². The van der Waals surface area contributed by atoms with Crippen LogP contribution in [0.4, 0.5) is 10.1 Å². The van der Waals surface area contributed by atoms with Crippen LogP contribution >= 0.6 is 0 Å². The average molecular weight is 245 g/mol. The molecule has 0 aliphatic rings. The Balaban J connectivity index is 2.43. The molecule has 0 saturated carbocycles.